The number of aromatic nitrogens is 2. The first kappa shape index (κ1) is 13.2. The van der Waals surface area contributed by atoms with Gasteiger partial charge >= 0.3 is 0 Å². The summed E-state index contributed by atoms with van der Waals surface area (Å²) in [5.41, 5.74) is 0.778. The molecule has 0 bridgehead atoms. The molecule has 2 aromatic rings. The third-order valence-corrected chi connectivity index (χ3v) is 3.89. The predicted molar refractivity (Wildman–Crippen MR) is 66.8 cm³/mol. The van der Waals surface area contributed by atoms with Crippen LogP contribution in [0.25, 0.3) is 0 Å². The standard InChI is InChI=1S/C10H9BrFN3O2S/c11-10-3-8(12)2-1-7(10)5-15-6-9(4-14-15)18(13,16)17/h1-4,6H,5H2,(H2,13,16,17). The molecule has 1 heterocycles. The summed E-state index contributed by atoms with van der Waals surface area (Å²) in [5.74, 6) is -0.351. The molecule has 1 aromatic carbocycles. The monoisotopic (exact) mass is 333 g/mol. The molecule has 0 aliphatic carbocycles. The van der Waals surface area contributed by atoms with Crippen LogP contribution < -0.4 is 5.14 Å². The third-order valence-electron chi connectivity index (χ3n) is 2.29. The Labute approximate surface area is 112 Å². The fourth-order valence-corrected chi connectivity index (χ4v) is 2.34. The van der Waals surface area contributed by atoms with Gasteiger partial charge in [-0.2, -0.15) is 5.10 Å². The van der Waals surface area contributed by atoms with Crippen molar-refractivity contribution in [3.05, 3.63) is 46.4 Å². The first-order valence-corrected chi connectivity index (χ1v) is 7.19. The number of primary sulfonamides is 1. The van der Waals surface area contributed by atoms with E-state index in [2.05, 4.69) is 21.0 Å². The van der Waals surface area contributed by atoms with Crippen LogP contribution in [0.5, 0.6) is 0 Å². The summed E-state index contributed by atoms with van der Waals surface area (Å²) in [6, 6.07) is 4.25. The molecule has 18 heavy (non-hydrogen) atoms. The molecular formula is C10H9BrFN3O2S. The van der Waals surface area contributed by atoms with Gasteiger partial charge in [0.05, 0.1) is 12.7 Å². The van der Waals surface area contributed by atoms with Gasteiger partial charge in [-0.25, -0.2) is 17.9 Å². The van der Waals surface area contributed by atoms with Crippen molar-refractivity contribution in [2.24, 2.45) is 5.14 Å². The first-order chi connectivity index (χ1) is 8.36. The Hall–Kier alpha value is -1.25. The Balaban J connectivity index is 2.27. The largest absolute Gasteiger partial charge is 0.267 e. The number of hydrogen-bond donors (Lipinski definition) is 1. The zero-order valence-electron chi connectivity index (χ0n) is 9.05. The number of benzene rings is 1. The van der Waals surface area contributed by atoms with E-state index in [4.69, 9.17) is 5.14 Å². The van der Waals surface area contributed by atoms with Crippen LogP contribution in [-0.2, 0) is 16.6 Å². The Kier molecular flexibility index (Phi) is 3.51. The lowest BCUT2D eigenvalue weighted by Crippen LogP contribution is -2.11. The Morgan fingerprint density at radius 2 is 2.17 bits per heavy atom. The maximum Gasteiger partial charge on any atom is 0.241 e. The second-order valence-electron chi connectivity index (χ2n) is 3.65. The minimum Gasteiger partial charge on any atom is -0.267 e. The lowest BCUT2D eigenvalue weighted by molar-refractivity contribution is 0.597. The van der Waals surface area contributed by atoms with Gasteiger partial charge in [0.25, 0.3) is 0 Å². The third kappa shape index (κ3) is 2.95. The predicted octanol–water partition coefficient (Wildman–Crippen LogP) is 1.48. The average Bonchev–Trinajstić information content (AvgIpc) is 2.70. The van der Waals surface area contributed by atoms with Crippen molar-refractivity contribution in [2.75, 3.05) is 0 Å². The van der Waals surface area contributed by atoms with Gasteiger partial charge in [0.2, 0.25) is 10.0 Å². The van der Waals surface area contributed by atoms with Gasteiger partial charge < -0.3 is 0 Å². The highest BCUT2D eigenvalue weighted by molar-refractivity contribution is 9.10. The Morgan fingerprint density at radius 1 is 1.44 bits per heavy atom. The molecule has 1 aromatic heterocycles. The lowest BCUT2D eigenvalue weighted by atomic mass is 10.2. The van der Waals surface area contributed by atoms with Crippen LogP contribution in [0, 0.1) is 5.82 Å². The molecule has 0 amide bonds. The molecule has 0 atom stereocenters. The molecule has 2 rings (SSSR count). The summed E-state index contributed by atoms with van der Waals surface area (Å²) >= 11 is 3.23. The average molecular weight is 334 g/mol. The number of hydrogen-bond acceptors (Lipinski definition) is 3. The normalized spacial score (nSPS) is 11.7. The van der Waals surface area contributed by atoms with Crippen LogP contribution >= 0.6 is 15.9 Å². The van der Waals surface area contributed by atoms with E-state index >= 15 is 0 Å². The van der Waals surface area contributed by atoms with Crippen molar-refractivity contribution in [3.63, 3.8) is 0 Å². The van der Waals surface area contributed by atoms with Crippen molar-refractivity contribution in [1.82, 2.24) is 9.78 Å². The SMILES string of the molecule is NS(=O)(=O)c1cnn(Cc2ccc(F)cc2Br)c1. The molecule has 96 valence electrons. The topological polar surface area (TPSA) is 78.0 Å². The van der Waals surface area contributed by atoms with E-state index in [0.717, 1.165) is 5.56 Å². The van der Waals surface area contributed by atoms with Gasteiger partial charge in [0, 0.05) is 10.7 Å². The van der Waals surface area contributed by atoms with Crippen LogP contribution in [0.1, 0.15) is 5.56 Å². The molecule has 0 spiro atoms. The number of nitrogens with zero attached hydrogens (tertiary/aromatic N) is 2. The Bertz CT molecular complexity index is 684. The van der Waals surface area contributed by atoms with Crippen molar-refractivity contribution in [3.8, 4) is 0 Å². The summed E-state index contributed by atoms with van der Waals surface area (Å²) in [6.07, 6.45) is 2.50. The number of halogens is 2. The summed E-state index contributed by atoms with van der Waals surface area (Å²) in [6.45, 7) is 0.316. The van der Waals surface area contributed by atoms with Crippen molar-refractivity contribution < 1.29 is 12.8 Å². The van der Waals surface area contributed by atoms with Gasteiger partial charge in [-0.15, -0.1) is 0 Å². The molecule has 0 saturated carbocycles. The molecule has 2 N–H and O–H groups in total. The molecular weight excluding hydrogens is 325 g/mol. The maximum absolute atomic E-state index is 12.9. The van der Waals surface area contributed by atoms with E-state index in [1.807, 2.05) is 0 Å². The second kappa shape index (κ2) is 4.79. The highest BCUT2D eigenvalue weighted by Crippen LogP contribution is 2.19. The van der Waals surface area contributed by atoms with Crippen LogP contribution in [0.4, 0.5) is 4.39 Å². The molecule has 0 saturated heterocycles. The van der Waals surface area contributed by atoms with E-state index in [-0.39, 0.29) is 10.7 Å². The molecule has 0 radical (unpaired) electrons. The second-order valence-corrected chi connectivity index (χ2v) is 6.07. The van der Waals surface area contributed by atoms with Crippen LogP contribution in [0.15, 0.2) is 40.0 Å². The van der Waals surface area contributed by atoms with E-state index < -0.39 is 10.0 Å². The highest BCUT2D eigenvalue weighted by Gasteiger charge is 2.11. The lowest BCUT2D eigenvalue weighted by Gasteiger charge is -2.04. The van der Waals surface area contributed by atoms with Gasteiger partial charge in [-0.3, -0.25) is 4.68 Å². The zero-order chi connectivity index (χ0) is 13.3. The smallest absolute Gasteiger partial charge is 0.241 e. The van der Waals surface area contributed by atoms with Crippen molar-refractivity contribution in [2.45, 2.75) is 11.4 Å². The first-order valence-electron chi connectivity index (χ1n) is 4.85. The number of rotatable bonds is 3. The van der Waals surface area contributed by atoms with E-state index in [9.17, 15) is 12.8 Å². The number of nitrogens with two attached hydrogens (primary N) is 1. The van der Waals surface area contributed by atoms with Crippen LogP contribution in [-0.4, -0.2) is 18.2 Å². The quantitative estimate of drug-likeness (QED) is 0.924. The van der Waals surface area contributed by atoms with Gasteiger partial charge in [-0.05, 0) is 17.7 Å². The van der Waals surface area contributed by atoms with Crippen molar-refractivity contribution in [1.29, 1.82) is 0 Å². The molecule has 0 unspecified atom stereocenters. The van der Waals surface area contributed by atoms with Crippen LogP contribution in [0.2, 0.25) is 0 Å². The van der Waals surface area contributed by atoms with Gasteiger partial charge in [0.1, 0.15) is 10.7 Å². The minimum absolute atomic E-state index is 0.0549. The molecule has 0 fully saturated rings. The van der Waals surface area contributed by atoms with E-state index in [1.54, 1.807) is 6.07 Å². The summed E-state index contributed by atoms with van der Waals surface area (Å²) < 4.78 is 37.1. The highest BCUT2D eigenvalue weighted by atomic mass is 79.9. The van der Waals surface area contributed by atoms with E-state index in [0.29, 0.717) is 11.0 Å². The van der Waals surface area contributed by atoms with Gasteiger partial charge in [-0.1, -0.05) is 22.0 Å². The minimum atomic E-state index is -3.75. The zero-order valence-corrected chi connectivity index (χ0v) is 11.4. The molecule has 8 heteroatoms. The molecule has 5 nitrogen and oxygen atoms in total. The summed E-state index contributed by atoms with van der Waals surface area (Å²) in [7, 11) is -3.75. The summed E-state index contributed by atoms with van der Waals surface area (Å²) in [4.78, 5) is -0.0549. The van der Waals surface area contributed by atoms with Crippen LogP contribution in [0.3, 0.4) is 0 Å². The molecule has 0 aliphatic heterocycles. The van der Waals surface area contributed by atoms with Gasteiger partial charge in [0.15, 0.2) is 0 Å². The fourth-order valence-electron chi connectivity index (χ4n) is 1.40. The maximum atomic E-state index is 12.9. The summed E-state index contributed by atoms with van der Waals surface area (Å²) in [5, 5.41) is 8.86. The molecule has 0 aliphatic rings. The Morgan fingerprint density at radius 3 is 2.72 bits per heavy atom. The van der Waals surface area contributed by atoms with E-state index in [1.165, 1.54) is 29.2 Å². The number of sulfonamides is 1. The fraction of sp³-hybridized carbons (Fsp3) is 0.100. The van der Waals surface area contributed by atoms with Crippen molar-refractivity contribution >= 4 is 26.0 Å².